The Morgan fingerprint density at radius 3 is 2.54 bits per heavy atom. The Bertz CT molecular complexity index is 766. The van der Waals surface area contributed by atoms with Gasteiger partial charge in [0.25, 0.3) is 0 Å². The van der Waals surface area contributed by atoms with Crippen LogP contribution >= 0.6 is 23.2 Å². The van der Waals surface area contributed by atoms with Gasteiger partial charge in [0, 0.05) is 11.9 Å². The van der Waals surface area contributed by atoms with Gasteiger partial charge in [0.05, 0.1) is 16.6 Å². The van der Waals surface area contributed by atoms with Gasteiger partial charge in [0.1, 0.15) is 17.2 Å². The second-order valence-electron chi connectivity index (χ2n) is 4.59. The summed E-state index contributed by atoms with van der Waals surface area (Å²) in [6.45, 7) is -0.285. The van der Waals surface area contributed by atoms with Crippen LogP contribution in [0.25, 0.3) is 0 Å². The molecule has 2 rings (SSSR count). The molecule has 0 radical (unpaired) electrons. The zero-order valence-electron chi connectivity index (χ0n) is 11.9. The van der Waals surface area contributed by atoms with E-state index in [2.05, 4.69) is 20.6 Å². The van der Waals surface area contributed by atoms with Gasteiger partial charge in [-0.15, -0.1) is 0 Å². The van der Waals surface area contributed by atoms with Crippen LogP contribution in [0.3, 0.4) is 0 Å². The molecule has 0 aliphatic carbocycles. The number of halogens is 5. The Hall–Kier alpha value is -2.26. The zero-order chi connectivity index (χ0) is 17.9. The molecule has 128 valence electrons. The Morgan fingerprint density at radius 2 is 1.96 bits per heavy atom. The minimum Gasteiger partial charge on any atom is -0.386 e. The molecule has 24 heavy (non-hydrogen) atoms. The van der Waals surface area contributed by atoms with Gasteiger partial charge in [-0.1, -0.05) is 23.2 Å². The van der Waals surface area contributed by atoms with E-state index in [0.717, 1.165) is 0 Å². The first kappa shape index (κ1) is 18.1. The fourth-order valence-electron chi connectivity index (χ4n) is 1.67. The molecule has 0 saturated carbocycles. The number of hydrogen-bond donors (Lipinski definition) is 4. The number of aromatic nitrogens is 2. The largest absolute Gasteiger partial charge is 0.421 e. The average Bonchev–Trinajstić information content (AvgIpc) is 2.48. The van der Waals surface area contributed by atoms with Crippen LogP contribution in [0.2, 0.25) is 10.0 Å². The van der Waals surface area contributed by atoms with Gasteiger partial charge in [-0.05, 0) is 18.2 Å². The molecule has 2 aromatic rings. The van der Waals surface area contributed by atoms with E-state index < -0.39 is 17.6 Å². The van der Waals surface area contributed by atoms with Gasteiger partial charge in [0.2, 0.25) is 5.95 Å². The first-order valence-electron chi connectivity index (χ1n) is 6.40. The summed E-state index contributed by atoms with van der Waals surface area (Å²) in [5, 5.41) is 12.8. The number of amidine groups is 1. The van der Waals surface area contributed by atoms with Crippen LogP contribution < -0.4 is 16.4 Å². The van der Waals surface area contributed by atoms with Crippen LogP contribution in [0, 0.1) is 5.41 Å². The molecule has 0 aliphatic heterocycles. The zero-order valence-corrected chi connectivity index (χ0v) is 13.4. The SMILES string of the molecule is N=C(N)CNc1nc(Nc2ccc(Cl)c(Cl)c2)ncc1C(F)(F)F. The van der Waals surface area contributed by atoms with Crippen molar-refractivity contribution < 1.29 is 13.2 Å². The fraction of sp³-hybridized carbons (Fsp3) is 0.154. The molecule has 0 atom stereocenters. The standard InChI is InChI=1S/C13H11Cl2F3N6/c14-8-2-1-6(3-9(8)15)23-12-22-4-7(13(16,17)18)11(24-12)21-5-10(19)20/h1-4H,5H2,(H3,19,20)(H2,21,22,23,24). The van der Waals surface area contributed by atoms with Gasteiger partial charge in [0.15, 0.2) is 0 Å². The molecule has 0 spiro atoms. The number of alkyl halides is 3. The molecule has 0 bridgehead atoms. The van der Waals surface area contributed by atoms with Gasteiger partial charge >= 0.3 is 6.18 Å². The second-order valence-corrected chi connectivity index (χ2v) is 5.40. The molecule has 0 amide bonds. The lowest BCUT2D eigenvalue weighted by atomic mass is 10.3. The van der Waals surface area contributed by atoms with E-state index in [1.54, 1.807) is 6.07 Å². The number of nitrogens with zero attached hydrogens (tertiary/aromatic N) is 2. The summed E-state index contributed by atoms with van der Waals surface area (Å²) < 4.78 is 38.9. The molecule has 0 fully saturated rings. The Morgan fingerprint density at radius 1 is 1.25 bits per heavy atom. The maximum Gasteiger partial charge on any atom is 0.421 e. The Kier molecular flexibility index (Phi) is 5.35. The Labute approximate surface area is 144 Å². The van der Waals surface area contributed by atoms with E-state index in [-0.39, 0.29) is 23.4 Å². The molecule has 11 heteroatoms. The van der Waals surface area contributed by atoms with Gasteiger partial charge in [-0.25, -0.2) is 4.98 Å². The summed E-state index contributed by atoms with van der Waals surface area (Å²) in [4.78, 5) is 7.41. The first-order chi connectivity index (χ1) is 11.2. The highest BCUT2D eigenvalue weighted by Crippen LogP contribution is 2.34. The summed E-state index contributed by atoms with van der Waals surface area (Å²) in [6.07, 6.45) is -4.02. The van der Waals surface area contributed by atoms with Gasteiger partial charge in [-0.2, -0.15) is 18.2 Å². The van der Waals surface area contributed by atoms with Crippen molar-refractivity contribution in [2.24, 2.45) is 5.73 Å². The number of nitrogens with one attached hydrogen (secondary N) is 3. The summed E-state index contributed by atoms with van der Waals surface area (Å²) in [5.74, 6) is -0.913. The summed E-state index contributed by atoms with van der Waals surface area (Å²) in [6, 6.07) is 4.57. The van der Waals surface area contributed by atoms with Crippen LogP contribution in [0.4, 0.5) is 30.6 Å². The maximum absolute atomic E-state index is 13.0. The van der Waals surface area contributed by atoms with E-state index in [0.29, 0.717) is 16.9 Å². The molecule has 1 heterocycles. The van der Waals surface area contributed by atoms with Crippen LogP contribution in [-0.4, -0.2) is 22.3 Å². The van der Waals surface area contributed by atoms with Crippen LogP contribution in [0.15, 0.2) is 24.4 Å². The van der Waals surface area contributed by atoms with Crippen LogP contribution in [0.5, 0.6) is 0 Å². The highest BCUT2D eigenvalue weighted by molar-refractivity contribution is 6.42. The van der Waals surface area contributed by atoms with Crippen LogP contribution in [0.1, 0.15) is 5.56 Å². The Balaban J connectivity index is 2.32. The monoisotopic (exact) mass is 378 g/mol. The average molecular weight is 379 g/mol. The van der Waals surface area contributed by atoms with Crippen molar-refractivity contribution in [2.45, 2.75) is 6.18 Å². The third-order valence-corrected chi connectivity index (χ3v) is 3.46. The molecule has 0 aliphatic rings. The van der Waals surface area contributed by atoms with Crippen LogP contribution in [-0.2, 0) is 6.18 Å². The molecular weight excluding hydrogens is 368 g/mol. The minimum atomic E-state index is -4.65. The van der Waals surface area contributed by atoms with Crippen molar-refractivity contribution in [3.63, 3.8) is 0 Å². The highest BCUT2D eigenvalue weighted by Gasteiger charge is 2.35. The smallest absolute Gasteiger partial charge is 0.386 e. The number of hydrogen-bond acceptors (Lipinski definition) is 5. The molecule has 5 N–H and O–H groups in total. The summed E-state index contributed by atoms with van der Waals surface area (Å²) in [5.41, 5.74) is 4.52. The van der Waals surface area contributed by atoms with E-state index >= 15 is 0 Å². The second kappa shape index (κ2) is 7.10. The van der Waals surface area contributed by atoms with Crippen molar-refractivity contribution in [3.8, 4) is 0 Å². The van der Waals surface area contributed by atoms with E-state index in [1.807, 2.05) is 0 Å². The maximum atomic E-state index is 13.0. The lowest BCUT2D eigenvalue weighted by Crippen LogP contribution is -2.23. The molecular formula is C13H11Cl2F3N6. The molecule has 1 aromatic carbocycles. The van der Waals surface area contributed by atoms with E-state index in [1.165, 1.54) is 12.1 Å². The van der Waals surface area contributed by atoms with Crippen molar-refractivity contribution in [1.29, 1.82) is 5.41 Å². The number of anilines is 3. The fourth-order valence-corrected chi connectivity index (χ4v) is 1.96. The van der Waals surface area contributed by atoms with Crippen molar-refractivity contribution in [1.82, 2.24) is 9.97 Å². The quantitative estimate of drug-likeness (QED) is 0.467. The molecule has 1 aromatic heterocycles. The predicted molar refractivity (Wildman–Crippen MR) is 87.2 cm³/mol. The highest BCUT2D eigenvalue weighted by atomic mass is 35.5. The number of benzene rings is 1. The lowest BCUT2D eigenvalue weighted by Gasteiger charge is -2.14. The molecule has 6 nitrogen and oxygen atoms in total. The summed E-state index contributed by atoms with van der Waals surface area (Å²) >= 11 is 11.7. The summed E-state index contributed by atoms with van der Waals surface area (Å²) in [7, 11) is 0. The lowest BCUT2D eigenvalue weighted by molar-refractivity contribution is -0.137. The third kappa shape index (κ3) is 4.62. The van der Waals surface area contributed by atoms with Gasteiger partial charge in [-0.3, -0.25) is 5.41 Å². The molecule has 0 unspecified atom stereocenters. The topological polar surface area (TPSA) is 99.7 Å². The van der Waals surface area contributed by atoms with E-state index in [9.17, 15) is 13.2 Å². The number of rotatable bonds is 5. The minimum absolute atomic E-state index is 0.0903. The normalized spacial score (nSPS) is 11.2. The van der Waals surface area contributed by atoms with E-state index in [4.69, 9.17) is 34.3 Å². The van der Waals surface area contributed by atoms with Crippen molar-refractivity contribution in [2.75, 3.05) is 17.2 Å². The van der Waals surface area contributed by atoms with Crippen molar-refractivity contribution >= 4 is 46.5 Å². The molecule has 0 saturated heterocycles. The number of nitrogens with two attached hydrogens (primary N) is 1. The first-order valence-corrected chi connectivity index (χ1v) is 7.15. The predicted octanol–water partition coefficient (Wildman–Crippen LogP) is 3.89. The van der Waals surface area contributed by atoms with Crippen molar-refractivity contribution in [3.05, 3.63) is 40.0 Å². The third-order valence-electron chi connectivity index (χ3n) is 2.72. The van der Waals surface area contributed by atoms with Gasteiger partial charge < -0.3 is 16.4 Å².